The van der Waals surface area contributed by atoms with Gasteiger partial charge in [0.2, 0.25) is 11.8 Å². The van der Waals surface area contributed by atoms with E-state index >= 15 is 4.79 Å². The highest BCUT2D eigenvalue weighted by molar-refractivity contribution is 7.09. The smallest absolute Gasteiger partial charge is 0.260 e. The highest BCUT2D eigenvalue weighted by Gasteiger charge is 2.70. The topological polar surface area (TPSA) is 107 Å². The molecule has 258 valence electrons. The number of fused-ring (bicyclic) bond motifs is 4. The minimum absolute atomic E-state index is 0.0310. The van der Waals surface area contributed by atoms with Crippen LogP contribution in [0.4, 0.5) is 10.1 Å². The van der Waals surface area contributed by atoms with Gasteiger partial charge >= 0.3 is 0 Å². The molecule has 2 aliphatic heterocycles. The van der Waals surface area contributed by atoms with Crippen molar-refractivity contribution in [2.75, 3.05) is 5.43 Å². The van der Waals surface area contributed by atoms with Gasteiger partial charge in [0.1, 0.15) is 11.6 Å². The van der Waals surface area contributed by atoms with Crippen molar-refractivity contribution in [3.8, 4) is 5.75 Å². The average molecular weight is 722 g/mol. The van der Waals surface area contributed by atoms with E-state index < -0.39 is 52.6 Å². The number of benzene rings is 3. The molecule has 2 N–H and O–H groups in total. The number of nitrogens with one attached hydrogen (secondary N) is 1. The van der Waals surface area contributed by atoms with Crippen LogP contribution >= 0.6 is 22.9 Å². The number of hydrogen-bond donors (Lipinski definition) is 2. The number of carbonyl (C=O) groups is 4. The van der Waals surface area contributed by atoms with Crippen molar-refractivity contribution in [3.63, 3.8) is 0 Å². The number of hydrazine groups is 1. The van der Waals surface area contributed by atoms with Gasteiger partial charge in [0.05, 0.1) is 35.4 Å². The highest BCUT2D eigenvalue weighted by atomic mass is 35.5. The summed E-state index contributed by atoms with van der Waals surface area (Å²) in [6.07, 6.45) is 4.36. The van der Waals surface area contributed by atoms with Crippen molar-refractivity contribution < 1.29 is 28.7 Å². The Balaban J connectivity index is 1.33. The molecule has 11 heteroatoms. The number of allylic oxidation sites excluding steroid dienone is 3. The molecule has 1 saturated carbocycles. The van der Waals surface area contributed by atoms with Crippen molar-refractivity contribution >= 4 is 52.3 Å². The van der Waals surface area contributed by atoms with Crippen molar-refractivity contribution in [1.82, 2.24) is 9.91 Å². The van der Waals surface area contributed by atoms with Crippen LogP contribution in [0.2, 0.25) is 5.02 Å². The fraction of sp³-hybridized carbons (Fsp3) is 0.250. The van der Waals surface area contributed by atoms with Crippen LogP contribution in [0.5, 0.6) is 5.75 Å². The summed E-state index contributed by atoms with van der Waals surface area (Å²) in [5, 5.41) is 15.3. The SMILES string of the molecule is C=CCc1cccc([C@H]2C3=CC[C@@H]4C(=O)N(Cc5cccs5)C(=O)[C@@H]4[C@@H]3C[C@H]3C(=O)N(Nc4ccc(F)cc4)C(=O)[C@@]23c2ccc(Cl)cc2)c1O. The summed E-state index contributed by atoms with van der Waals surface area (Å²) in [4.78, 5) is 60.5. The average Bonchev–Trinajstić information content (AvgIpc) is 3.79. The fourth-order valence-corrected chi connectivity index (χ4v) is 9.76. The van der Waals surface area contributed by atoms with Gasteiger partial charge in [-0.05, 0) is 84.2 Å². The number of phenols is 1. The number of nitrogens with zero attached hydrogens (tertiary/aromatic N) is 2. The summed E-state index contributed by atoms with van der Waals surface area (Å²) in [5.74, 6) is -5.99. The van der Waals surface area contributed by atoms with E-state index in [9.17, 15) is 23.9 Å². The Kier molecular flexibility index (Phi) is 8.19. The number of imide groups is 2. The summed E-state index contributed by atoms with van der Waals surface area (Å²) < 4.78 is 13.9. The molecular weight excluding hydrogens is 689 g/mol. The zero-order valence-corrected chi connectivity index (χ0v) is 28.9. The number of aromatic hydroxyl groups is 1. The van der Waals surface area contributed by atoms with E-state index in [4.69, 9.17) is 11.6 Å². The second kappa shape index (κ2) is 12.6. The highest BCUT2D eigenvalue weighted by Crippen LogP contribution is 2.65. The number of anilines is 1. The third kappa shape index (κ3) is 5.06. The Bertz CT molecular complexity index is 2120. The van der Waals surface area contributed by atoms with Crippen molar-refractivity contribution in [3.05, 3.63) is 141 Å². The van der Waals surface area contributed by atoms with Gasteiger partial charge in [-0.1, -0.05) is 65.7 Å². The van der Waals surface area contributed by atoms with Gasteiger partial charge in [0.25, 0.3) is 11.8 Å². The zero-order chi connectivity index (χ0) is 35.6. The van der Waals surface area contributed by atoms with Crippen molar-refractivity contribution in [1.29, 1.82) is 0 Å². The molecule has 8 rings (SSSR count). The number of carbonyl (C=O) groups excluding carboxylic acids is 4. The maximum atomic E-state index is 15.3. The van der Waals surface area contributed by atoms with E-state index in [0.717, 1.165) is 15.5 Å². The monoisotopic (exact) mass is 721 g/mol. The van der Waals surface area contributed by atoms with Gasteiger partial charge < -0.3 is 5.11 Å². The molecule has 2 aliphatic carbocycles. The molecule has 3 heterocycles. The number of para-hydroxylation sites is 1. The molecule has 0 unspecified atom stereocenters. The number of rotatable bonds is 8. The summed E-state index contributed by atoms with van der Waals surface area (Å²) in [6.45, 7) is 4.01. The Hall–Kier alpha value is -5.06. The van der Waals surface area contributed by atoms with E-state index in [-0.39, 0.29) is 37.0 Å². The first-order valence-electron chi connectivity index (χ1n) is 16.8. The van der Waals surface area contributed by atoms with Gasteiger partial charge in [-0.3, -0.25) is 29.5 Å². The molecule has 4 amide bonds. The first-order valence-corrected chi connectivity index (χ1v) is 18.1. The third-order valence-electron chi connectivity index (χ3n) is 11.1. The van der Waals surface area contributed by atoms with Gasteiger partial charge in [0.15, 0.2) is 0 Å². The lowest BCUT2D eigenvalue weighted by Gasteiger charge is -2.50. The van der Waals surface area contributed by atoms with Gasteiger partial charge in [-0.15, -0.1) is 17.9 Å². The molecular formula is C40H33ClFN3O5S. The first-order chi connectivity index (χ1) is 24.6. The van der Waals surface area contributed by atoms with Crippen molar-refractivity contribution in [2.45, 2.75) is 37.1 Å². The Labute approximate surface area is 302 Å². The Morgan fingerprint density at radius 3 is 2.43 bits per heavy atom. The van der Waals surface area contributed by atoms with Crippen LogP contribution in [0.25, 0.3) is 0 Å². The summed E-state index contributed by atoms with van der Waals surface area (Å²) in [6, 6.07) is 21.2. The molecule has 0 bridgehead atoms. The maximum absolute atomic E-state index is 15.3. The molecule has 0 radical (unpaired) electrons. The number of hydrogen-bond acceptors (Lipinski definition) is 7. The normalized spacial score (nSPS) is 26.9. The zero-order valence-electron chi connectivity index (χ0n) is 27.3. The standard InChI is InChI=1S/C40H33ClFN3O5S/c1-2-5-22-6-3-8-30(35(22)46)34-28-17-18-29-33(38(49)44(36(29)47)21-27-7-4-19-51-27)31(28)20-32-37(48)45(43-26-15-13-25(42)14-16-26)39(50)40(32,34)23-9-11-24(41)12-10-23/h2-4,6-17,19,29,31-34,43,46H,1,5,18,20-21H2/t29-,31+,32-,33-,34+,40+/m0/s1. The molecule has 6 atom stereocenters. The third-order valence-corrected chi connectivity index (χ3v) is 12.2. The van der Waals surface area contributed by atoms with E-state index in [1.165, 1.54) is 40.5 Å². The number of thiophene rings is 1. The van der Waals surface area contributed by atoms with Gasteiger partial charge in [-0.2, -0.15) is 5.01 Å². The Morgan fingerprint density at radius 2 is 1.73 bits per heavy atom. The molecule has 8 nitrogen and oxygen atoms in total. The Morgan fingerprint density at radius 1 is 0.961 bits per heavy atom. The van der Waals surface area contributed by atoms with E-state index in [2.05, 4.69) is 12.0 Å². The molecule has 4 aliphatic rings. The van der Waals surface area contributed by atoms with Crippen LogP contribution in [0.1, 0.15) is 40.3 Å². The van der Waals surface area contributed by atoms with Crippen LogP contribution in [0.3, 0.4) is 0 Å². The molecule has 1 aromatic heterocycles. The van der Waals surface area contributed by atoms with E-state index in [0.29, 0.717) is 33.8 Å². The second-order valence-electron chi connectivity index (χ2n) is 13.6. The first kappa shape index (κ1) is 33.1. The minimum atomic E-state index is -1.59. The molecule has 3 aromatic carbocycles. The number of amides is 4. The summed E-state index contributed by atoms with van der Waals surface area (Å²) >= 11 is 7.83. The number of halogens is 2. The summed E-state index contributed by atoms with van der Waals surface area (Å²) in [7, 11) is 0. The predicted molar refractivity (Wildman–Crippen MR) is 191 cm³/mol. The van der Waals surface area contributed by atoms with Crippen LogP contribution in [-0.2, 0) is 37.6 Å². The summed E-state index contributed by atoms with van der Waals surface area (Å²) in [5.41, 5.74) is 3.96. The van der Waals surface area contributed by atoms with Crippen LogP contribution in [0, 0.1) is 29.5 Å². The lowest BCUT2D eigenvalue weighted by molar-refractivity contribution is -0.141. The number of phenolic OH excluding ortho intramolecular Hbond substituents is 1. The van der Waals surface area contributed by atoms with Gasteiger partial charge in [-0.25, -0.2) is 4.39 Å². The number of likely N-dealkylation sites (tertiary alicyclic amines) is 1. The maximum Gasteiger partial charge on any atom is 0.260 e. The lowest BCUT2D eigenvalue weighted by atomic mass is 9.49. The van der Waals surface area contributed by atoms with Gasteiger partial charge in [0, 0.05) is 21.4 Å². The lowest BCUT2D eigenvalue weighted by Crippen LogP contribution is -2.53. The second-order valence-corrected chi connectivity index (χ2v) is 15.0. The molecule has 4 aromatic rings. The minimum Gasteiger partial charge on any atom is -0.507 e. The van der Waals surface area contributed by atoms with Crippen LogP contribution in [0.15, 0.2) is 109 Å². The van der Waals surface area contributed by atoms with Crippen LogP contribution < -0.4 is 5.43 Å². The predicted octanol–water partition coefficient (Wildman–Crippen LogP) is 7.16. The van der Waals surface area contributed by atoms with E-state index in [1.54, 1.807) is 48.5 Å². The van der Waals surface area contributed by atoms with Crippen molar-refractivity contribution in [2.24, 2.45) is 23.7 Å². The molecule has 2 saturated heterocycles. The largest absolute Gasteiger partial charge is 0.507 e. The van der Waals surface area contributed by atoms with Crippen LogP contribution in [-0.4, -0.2) is 38.6 Å². The fourth-order valence-electron chi connectivity index (χ4n) is 8.94. The quantitative estimate of drug-likeness (QED) is 0.148. The molecule has 51 heavy (non-hydrogen) atoms. The van der Waals surface area contributed by atoms with E-state index in [1.807, 2.05) is 23.6 Å². The molecule has 0 spiro atoms. The molecule has 3 fully saturated rings.